The number of halogens is 1. The second-order valence-electron chi connectivity index (χ2n) is 5.69. The van der Waals surface area contributed by atoms with Crippen molar-refractivity contribution >= 4 is 23.5 Å². The fraction of sp³-hybridized carbons (Fsp3) is 0.222. The van der Waals surface area contributed by atoms with Crippen LogP contribution in [0.25, 0.3) is 6.08 Å². The monoisotopic (exact) mass is 328 g/mol. The van der Waals surface area contributed by atoms with Crippen molar-refractivity contribution in [3.8, 4) is 5.75 Å². The molecule has 2 heterocycles. The first-order chi connectivity index (χ1) is 11.0. The van der Waals surface area contributed by atoms with Gasteiger partial charge in [-0.2, -0.15) is 5.10 Å². The van der Waals surface area contributed by atoms with Gasteiger partial charge in [0.05, 0.1) is 11.8 Å². The lowest BCUT2D eigenvalue weighted by Gasteiger charge is -2.16. The Bertz CT molecular complexity index is 803. The molecular weight excluding hydrogens is 312 g/mol. The van der Waals surface area contributed by atoms with Gasteiger partial charge in [-0.3, -0.25) is 9.48 Å². The fourth-order valence-electron chi connectivity index (χ4n) is 2.29. The molecule has 0 amide bonds. The normalized spacial score (nSPS) is 13.8. The highest BCUT2D eigenvalue weighted by atomic mass is 35.5. The first kappa shape index (κ1) is 15.6. The second-order valence-corrected chi connectivity index (χ2v) is 6.13. The number of ketones is 1. The van der Waals surface area contributed by atoms with Gasteiger partial charge in [0.2, 0.25) is 0 Å². The summed E-state index contributed by atoms with van der Waals surface area (Å²) in [5.74, 6) is 0.728. The highest BCUT2D eigenvalue weighted by Gasteiger charge is 2.11. The molecule has 0 spiro atoms. The van der Waals surface area contributed by atoms with Gasteiger partial charge in [-0.05, 0) is 49.8 Å². The lowest BCUT2D eigenvalue weighted by atomic mass is 10.1. The van der Waals surface area contributed by atoms with E-state index in [9.17, 15) is 4.79 Å². The molecule has 4 nitrogen and oxygen atoms in total. The molecule has 0 N–H and O–H groups in total. The number of ether oxygens (including phenoxy) is 1. The van der Waals surface area contributed by atoms with E-state index in [1.54, 1.807) is 35.3 Å². The van der Waals surface area contributed by atoms with Crippen molar-refractivity contribution < 1.29 is 9.53 Å². The number of nitrogens with zero attached hydrogens (tertiary/aromatic N) is 2. The van der Waals surface area contributed by atoms with Gasteiger partial charge in [-0.25, -0.2) is 0 Å². The van der Waals surface area contributed by atoms with E-state index in [1.165, 1.54) is 0 Å². The first-order valence-corrected chi connectivity index (χ1v) is 7.80. The number of aromatic nitrogens is 2. The van der Waals surface area contributed by atoms with E-state index in [-0.39, 0.29) is 11.8 Å². The van der Waals surface area contributed by atoms with Crippen LogP contribution in [0.2, 0.25) is 5.02 Å². The number of rotatable bonds is 4. The molecular formula is C18H17ClN2O2. The van der Waals surface area contributed by atoms with E-state index in [4.69, 9.17) is 16.3 Å². The highest BCUT2D eigenvalue weighted by molar-refractivity contribution is 6.30. The van der Waals surface area contributed by atoms with Crippen molar-refractivity contribution in [1.29, 1.82) is 0 Å². The van der Waals surface area contributed by atoms with Gasteiger partial charge in [-0.1, -0.05) is 17.7 Å². The van der Waals surface area contributed by atoms with Crippen LogP contribution in [-0.4, -0.2) is 22.2 Å². The van der Waals surface area contributed by atoms with Crippen LogP contribution in [0.15, 0.2) is 48.3 Å². The Kier molecular flexibility index (Phi) is 4.35. The SMILES string of the molecule is CC(C)n1cc(C(=O)C=CC2=Cc3cc(Cl)ccc3OC2)cn1. The lowest BCUT2D eigenvalue weighted by molar-refractivity contribution is 0.104. The summed E-state index contributed by atoms with van der Waals surface area (Å²) in [6.45, 7) is 4.47. The Labute approximate surface area is 140 Å². The molecule has 0 bridgehead atoms. The molecule has 1 aliphatic heterocycles. The van der Waals surface area contributed by atoms with Gasteiger partial charge in [0.15, 0.2) is 5.78 Å². The summed E-state index contributed by atoms with van der Waals surface area (Å²) < 4.78 is 7.42. The molecule has 1 aromatic heterocycles. The molecule has 0 unspecified atom stereocenters. The quantitative estimate of drug-likeness (QED) is 0.619. The fourth-order valence-corrected chi connectivity index (χ4v) is 2.47. The number of allylic oxidation sites excluding steroid dienone is 1. The summed E-state index contributed by atoms with van der Waals surface area (Å²) in [6, 6.07) is 5.72. The number of hydrogen-bond acceptors (Lipinski definition) is 3. The summed E-state index contributed by atoms with van der Waals surface area (Å²) in [5.41, 5.74) is 2.42. The summed E-state index contributed by atoms with van der Waals surface area (Å²) in [5, 5.41) is 4.84. The maximum Gasteiger partial charge on any atom is 0.189 e. The molecule has 0 saturated heterocycles. The third-order valence-corrected chi connectivity index (χ3v) is 3.81. The third kappa shape index (κ3) is 3.54. The van der Waals surface area contributed by atoms with Crippen molar-refractivity contribution in [2.24, 2.45) is 0 Å². The minimum absolute atomic E-state index is 0.0744. The van der Waals surface area contributed by atoms with Crippen LogP contribution in [0.3, 0.4) is 0 Å². The Morgan fingerprint density at radius 1 is 1.43 bits per heavy atom. The molecule has 23 heavy (non-hydrogen) atoms. The average Bonchev–Trinajstić information content (AvgIpc) is 3.02. The second kappa shape index (κ2) is 6.42. The van der Waals surface area contributed by atoms with Crippen molar-refractivity contribution in [2.75, 3.05) is 6.61 Å². The van der Waals surface area contributed by atoms with Crippen molar-refractivity contribution in [3.63, 3.8) is 0 Å². The predicted octanol–water partition coefficient (Wildman–Crippen LogP) is 4.33. The first-order valence-electron chi connectivity index (χ1n) is 7.42. The van der Waals surface area contributed by atoms with E-state index in [0.717, 1.165) is 16.9 Å². The van der Waals surface area contributed by atoms with Crippen LogP contribution in [0.1, 0.15) is 35.8 Å². The zero-order valence-corrected chi connectivity index (χ0v) is 13.7. The molecule has 2 aromatic rings. The van der Waals surface area contributed by atoms with Crippen LogP contribution in [0.5, 0.6) is 5.75 Å². The topological polar surface area (TPSA) is 44.1 Å². The number of carbonyl (C=O) groups is 1. The van der Waals surface area contributed by atoms with Gasteiger partial charge in [0, 0.05) is 22.8 Å². The molecule has 0 aliphatic carbocycles. The molecule has 1 aromatic carbocycles. The number of carbonyl (C=O) groups excluding carboxylic acids is 1. The molecule has 5 heteroatoms. The molecule has 0 atom stereocenters. The molecule has 0 saturated carbocycles. The lowest BCUT2D eigenvalue weighted by Crippen LogP contribution is -2.06. The maximum absolute atomic E-state index is 12.2. The summed E-state index contributed by atoms with van der Waals surface area (Å²) in [6.07, 6.45) is 8.66. The van der Waals surface area contributed by atoms with E-state index in [0.29, 0.717) is 17.2 Å². The van der Waals surface area contributed by atoms with E-state index in [1.807, 2.05) is 32.1 Å². The van der Waals surface area contributed by atoms with Crippen molar-refractivity contribution in [1.82, 2.24) is 9.78 Å². The minimum atomic E-state index is -0.0744. The maximum atomic E-state index is 12.2. The van der Waals surface area contributed by atoms with Crippen molar-refractivity contribution in [2.45, 2.75) is 19.9 Å². The van der Waals surface area contributed by atoms with Gasteiger partial charge >= 0.3 is 0 Å². The predicted molar refractivity (Wildman–Crippen MR) is 91.0 cm³/mol. The summed E-state index contributed by atoms with van der Waals surface area (Å²) >= 11 is 5.99. The zero-order chi connectivity index (χ0) is 16.4. The van der Waals surface area contributed by atoms with Gasteiger partial charge in [0.1, 0.15) is 12.4 Å². The summed E-state index contributed by atoms with van der Waals surface area (Å²) in [4.78, 5) is 12.2. The Hall–Kier alpha value is -2.33. The van der Waals surface area contributed by atoms with E-state index >= 15 is 0 Å². The van der Waals surface area contributed by atoms with Crippen LogP contribution >= 0.6 is 11.6 Å². The number of fused-ring (bicyclic) bond motifs is 1. The number of benzene rings is 1. The molecule has 1 aliphatic rings. The minimum Gasteiger partial charge on any atom is -0.488 e. The smallest absolute Gasteiger partial charge is 0.189 e. The zero-order valence-electron chi connectivity index (χ0n) is 13.0. The van der Waals surface area contributed by atoms with Gasteiger partial charge in [0.25, 0.3) is 0 Å². The van der Waals surface area contributed by atoms with E-state index < -0.39 is 0 Å². The summed E-state index contributed by atoms with van der Waals surface area (Å²) in [7, 11) is 0. The van der Waals surface area contributed by atoms with Crippen LogP contribution in [-0.2, 0) is 0 Å². The molecule has 0 fully saturated rings. The Morgan fingerprint density at radius 3 is 3.00 bits per heavy atom. The molecule has 118 valence electrons. The molecule has 0 radical (unpaired) electrons. The third-order valence-electron chi connectivity index (χ3n) is 3.57. The van der Waals surface area contributed by atoms with Crippen LogP contribution in [0.4, 0.5) is 0 Å². The molecule has 3 rings (SSSR count). The Morgan fingerprint density at radius 2 is 2.26 bits per heavy atom. The van der Waals surface area contributed by atoms with Crippen LogP contribution < -0.4 is 4.74 Å². The van der Waals surface area contributed by atoms with Crippen molar-refractivity contribution in [3.05, 3.63) is 64.5 Å². The van der Waals surface area contributed by atoms with Gasteiger partial charge in [-0.15, -0.1) is 0 Å². The largest absolute Gasteiger partial charge is 0.488 e. The van der Waals surface area contributed by atoms with Gasteiger partial charge < -0.3 is 4.74 Å². The standard InChI is InChI=1S/C18H17ClN2O2/c1-12(2)21-10-15(9-20-21)17(22)5-3-13-7-14-8-16(19)4-6-18(14)23-11-13/h3-10,12H,11H2,1-2H3. The van der Waals surface area contributed by atoms with E-state index in [2.05, 4.69) is 5.10 Å². The average molecular weight is 329 g/mol. The van der Waals surface area contributed by atoms with Crippen LogP contribution in [0, 0.1) is 0 Å². The number of hydrogen-bond donors (Lipinski definition) is 0. The highest BCUT2D eigenvalue weighted by Crippen LogP contribution is 2.29. The Balaban J connectivity index is 1.76.